The smallest absolute Gasteiger partial charge is 0.220 e. The van der Waals surface area contributed by atoms with E-state index in [4.69, 9.17) is 0 Å². The van der Waals surface area contributed by atoms with Gasteiger partial charge in [-0.2, -0.15) is 0 Å². The molecule has 0 aromatic carbocycles. The topological polar surface area (TPSA) is 37.4 Å². The number of carbonyl (C=O) groups is 2. The molecule has 1 amide bonds. The second-order valence-electron chi connectivity index (χ2n) is 3.09. The van der Waals surface area contributed by atoms with Gasteiger partial charge in [-0.1, -0.05) is 12.1 Å². The van der Waals surface area contributed by atoms with Crippen LogP contribution in [0.4, 0.5) is 0 Å². The summed E-state index contributed by atoms with van der Waals surface area (Å²) in [5.41, 5.74) is 0. The third-order valence-electron chi connectivity index (χ3n) is 1.93. The third kappa shape index (κ3) is 3.32. The van der Waals surface area contributed by atoms with Crippen LogP contribution in [0.15, 0.2) is 30.2 Å². The van der Waals surface area contributed by atoms with Crippen LogP contribution in [0, 0.1) is 0 Å². The van der Waals surface area contributed by atoms with Crippen molar-refractivity contribution in [1.82, 2.24) is 4.90 Å². The summed E-state index contributed by atoms with van der Waals surface area (Å²) in [5, 5.41) is 1.85. The molecule has 0 fully saturated rings. The fraction of sp³-hybridized carbons (Fsp3) is 0.273. The molecule has 0 aliphatic rings. The predicted molar refractivity (Wildman–Crippen MR) is 61.1 cm³/mol. The monoisotopic (exact) mass is 223 g/mol. The van der Waals surface area contributed by atoms with Crippen molar-refractivity contribution in [2.75, 3.05) is 13.1 Å². The first-order valence-electron chi connectivity index (χ1n) is 4.58. The molecule has 0 radical (unpaired) electrons. The average Bonchev–Trinajstić information content (AvgIpc) is 2.69. The van der Waals surface area contributed by atoms with Crippen molar-refractivity contribution in [2.45, 2.75) is 6.92 Å². The van der Waals surface area contributed by atoms with Crippen molar-refractivity contribution in [1.29, 1.82) is 0 Å². The van der Waals surface area contributed by atoms with E-state index in [9.17, 15) is 9.59 Å². The summed E-state index contributed by atoms with van der Waals surface area (Å²) in [7, 11) is 0. The van der Waals surface area contributed by atoms with E-state index >= 15 is 0 Å². The molecule has 0 bridgehead atoms. The van der Waals surface area contributed by atoms with Gasteiger partial charge in [0.25, 0.3) is 0 Å². The zero-order chi connectivity index (χ0) is 11.3. The van der Waals surface area contributed by atoms with Gasteiger partial charge < -0.3 is 4.90 Å². The Bertz CT molecular complexity index is 357. The number of thiophene rings is 1. The lowest BCUT2D eigenvalue weighted by atomic mass is 10.3. The standard InChI is InChI=1S/C11H13NO2S/c1-3-6-12(9(2)13)8-10(14)11-5-4-7-15-11/h3-5,7H,1,6,8H2,2H3. The van der Waals surface area contributed by atoms with Crippen LogP contribution in [0.5, 0.6) is 0 Å². The zero-order valence-electron chi connectivity index (χ0n) is 8.60. The number of hydrogen-bond acceptors (Lipinski definition) is 3. The van der Waals surface area contributed by atoms with Crippen LogP contribution in [-0.4, -0.2) is 29.7 Å². The van der Waals surface area contributed by atoms with Crippen molar-refractivity contribution < 1.29 is 9.59 Å². The normalized spacial score (nSPS) is 9.67. The summed E-state index contributed by atoms with van der Waals surface area (Å²) >= 11 is 1.39. The Morgan fingerprint density at radius 1 is 1.60 bits per heavy atom. The van der Waals surface area contributed by atoms with Gasteiger partial charge >= 0.3 is 0 Å². The number of hydrogen-bond donors (Lipinski definition) is 0. The van der Waals surface area contributed by atoms with Crippen LogP contribution in [0.25, 0.3) is 0 Å². The van der Waals surface area contributed by atoms with E-state index in [0.717, 1.165) is 0 Å². The van der Waals surface area contributed by atoms with E-state index in [2.05, 4.69) is 6.58 Å². The maximum atomic E-state index is 11.7. The van der Waals surface area contributed by atoms with Gasteiger partial charge in [-0.3, -0.25) is 9.59 Å². The van der Waals surface area contributed by atoms with Crippen LogP contribution < -0.4 is 0 Å². The molecule has 0 N–H and O–H groups in total. The SMILES string of the molecule is C=CCN(CC(=O)c1cccs1)C(C)=O. The molecule has 80 valence electrons. The van der Waals surface area contributed by atoms with Gasteiger partial charge in [-0.15, -0.1) is 17.9 Å². The van der Waals surface area contributed by atoms with Crippen LogP contribution >= 0.6 is 11.3 Å². The van der Waals surface area contributed by atoms with Crippen molar-refractivity contribution in [3.63, 3.8) is 0 Å². The maximum absolute atomic E-state index is 11.7. The van der Waals surface area contributed by atoms with Gasteiger partial charge in [0, 0.05) is 13.5 Å². The van der Waals surface area contributed by atoms with Crippen LogP contribution in [-0.2, 0) is 4.79 Å². The van der Waals surface area contributed by atoms with Crippen LogP contribution in [0.3, 0.4) is 0 Å². The number of carbonyl (C=O) groups excluding carboxylic acids is 2. The first-order valence-corrected chi connectivity index (χ1v) is 5.46. The lowest BCUT2D eigenvalue weighted by Gasteiger charge is -2.17. The highest BCUT2D eigenvalue weighted by atomic mass is 32.1. The van der Waals surface area contributed by atoms with Gasteiger partial charge in [-0.25, -0.2) is 0 Å². The molecule has 0 aliphatic heterocycles. The minimum atomic E-state index is -0.111. The molecule has 1 rings (SSSR count). The Morgan fingerprint density at radius 2 is 2.33 bits per heavy atom. The molecule has 4 heteroatoms. The van der Waals surface area contributed by atoms with E-state index in [1.165, 1.54) is 23.2 Å². The molecule has 0 spiro atoms. The van der Waals surface area contributed by atoms with Crippen molar-refractivity contribution in [3.8, 4) is 0 Å². The summed E-state index contributed by atoms with van der Waals surface area (Å²) in [6.07, 6.45) is 1.61. The van der Waals surface area contributed by atoms with E-state index < -0.39 is 0 Å². The summed E-state index contributed by atoms with van der Waals surface area (Å²) in [6.45, 7) is 5.54. The first kappa shape index (κ1) is 11.7. The highest BCUT2D eigenvalue weighted by molar-refractivity contribution is 7.12. The fourth-order valence-electron chi connectivity index (χ4n) is 1.15. The highest BCUT2D eigenvalue weighted by Gasteiger charge is 2.14. The number of amides is 1. The Kier molecular flexibility index (Phi) is 4.24. The Hall–Kier alpha value is -1.42. The average molecular weight is 223 g/mol. The number of nitrogens with zero attached hydrogens (tertiary/aromatic N) is 1. The fourth-order valence-corrected chi connectivity index (χ4v) is 1.81. The molecule has 0 saturated carbocycles. The predicted octanol–water partition coefficient (Wildman–Crippen LogP) is 1.97. The van der Waals surface area contributed by atoms with Crippen molar-refractivity contribution in [3.05, 3.63) is 35.0 Å². The molecule has 0 atom stereocenters. The zero-order valence-corrected chi connectivity index (χ0v) is 9.42. The van der Waals surface area contributed by atoms with E-state index in [1.807, 2.05) is 11.4 Å². The molecule has 0 unspecified atom stereocenters. The third-order valence-corrected chi connectivity index (χ3v) is 2.84. The molecule has 1 aromatic heterocycles. The van der Waals surface area contributed by atoms with Gasteiger partial charge in [0.15, 0.2) is 5.78 Å². The molecule has 0 saturated heterocycles. The largest absolute Gasteiger partial charge is 0.331 e. The Balaban J connectivity index is 2.62. The van der Waals surface area contributed by atoms with Crippen LogP contribution in [0.2, 0.25) is 0 Å². The second-order valence-corrected chi connectivity index (χ2v) is 4.04. The molecular weight excluding hydrogens is 210 g/mol. The van der Waals surface area contributed by atoms with Crippen molar-refractivity contribution >= 4 is 23.0 Å². The highest BCUT2D eigenvalue weighted by Crippen LogP contribution is 2.10. The molecule has 1 heterocycles. The Labute approximate surface area is 93.0 Å². The van der Waals surface area contributed by atoms with E-state index in [-0.39, 0.29) is 18.2 Å². The summed E-state index contributed by atoms with van der Waals surface area (Å²) < 4.78 is 0. The maximum Gasteiger partial charge on any atom is 0.220 e. The minimum Gasteiger partial charge on any atom is -0.331 e. The van der Waals surface area contributed by atoms with E-state index in [0.29, 0.717) is 11.4 Å². The molecule has 3 nitrogen and oxygen atoms in total. The lowest BCUT2D eigenvalue weighted by molar-refractivity contribution is -0.127. The number of ketones is 1. The summed E-state index contributed by atoms with van der Waals surface area (Å²) in [6, 6.07) is 3.59. The van der Waals surface area contributed by atoms with Crippen molar-refractivity contribution in [2.24, 2.45) is 0 Å². The van der Waals surface area contributed by atoms with Gasteiger partial charge in [0.05, 0.1) is 11.4 Å². The second kappa shape index (κ2) is 5.46. The minimum absolute atomic E-state index is 0.0259. The first-order chi connectivity index (χ1) is 7.15. The van der Waals surface area contributed by atoms with Gasteiger partial charge in [0.2, 0.25) is 5.91 Å². The molecule has 0 aliphatic carbocycles. The van der Waals surface area contributed by atoms with Gasteiger partial charge in [-0.05, 0) is 11.4 Å². The van der Waals surface area contributed by atoms with Crippen LogP contribution in [0.1, 0.15) is 16.6 Å². The number of Topliss-reactive ketones (excluding diaryl/α,β-unsaturated/α-hetero) is 1. The molecule has 15 heavy (non-hydrogen) atoms. The van der Waals surface area contributed by atoms with Gasteiger partial charge in [0.1, 0.15) is 0 Å². The summed E-state index contributed by atoms with van der Waals surface area (Å²) in [4.78, 5) is 25.0. The lowest BCUT2D eigenvalue weighted by Crippen LogP contribution is -2.33. The Morgan fingerprint density at radius 3 is 2.80 bits per heavy atom. The summed E-state index contributed by atoms with van der Waals surface area (Å²) in [5.74, 6) is -0.137. The number of rotatable bonds is 5. The molecule has 1 aromatic rings. The van der Waals surface area contributed by atoms with E-state index in [1.54, 1.807) is 12.1 Å². The molecular formula is C11H13NO2S. The quantitative estimate of drug-likeness (QED) is 0.565.